The number of carbonyl (C=O) groups excluding carboxylic acids is 1. The van der Waals surface area contributed by atoms with E-state index in [-0.39, 0.29) is 11.9 Å². The van der Waals surface area contributed by atoms with Crippen molar-refractivity contribution >= 4 is 5.91 Å². The lowest BCUT2D eigenvalue weighted by atomic mass is 9.86. The van der Waals surface area contributed by atoms with Crippen LogP contribution < -0.4 is 15.4 Å². The lowest BCUT2D eigenvalue weighted by Gasteiger charge is -2.29. The summed E-state index contributed by atoms with van der Waals surface area (Å²) in [5.74, 6) is 1.56. The molecule has 1 fully saturated rings. The van der Waals surface area contributed by atoms with E-state index in [0.717, 1.165) is 31.6 Å². The third-order valence-corrected chi connectivity index (χ3v) is 3.78. The monoisotopic (exact) mass is 262 g/mol. The van der Waals surface area contributed by atoms with Crippen LogP contribution in [-0.2, 0) is 11.2 Å². The molecule has 1 heterocycles. The third-order valence-electron chi connectivity index (χ3n) is 3.78. The fourth-order valence-corrected chi connectivity index (χ4v) is 2.74. The van der Waals surface area contributed by atoms with E-state index in [2.05, 4.69) is 16.7 Å². The summed E-state index contributed by atoms with van der Waals surface area (Å²) in [6, 6.07) is 8.06. The molecule has 4 nitrogen and oxygen atoms in total. The number of carbonyl (C=O) groups is 1. The summed E-state index contributed by atoms with van der Waals surface area (Å²) >= 11 is 0. The summed E-state index contributed by atoms with van der Waals surface area (Å²) < 4.78 is 5.39. The minimum Gasteiger partial charge on any atom is -0.496 e. The van der Waals surface area contributed by atoms with Gasteiger partial charge in [0.15, 0.2) is 0 Å². The molecule has 0 spiro atoms. The molecule has 0 saturated carbocycles. The Labute approximate surface area is 114 Å². The molecular weight excluding hydrogens is 240 g/mol. The normalized spacial score (nSPS) is 22.8. The van der Waals surface area contributed by atoms with Crippen molar-refractivity contribution in [1.29, 1.82) is 0 Å². The molecular formula is C15H22N2O2. The van der Waals surface area contributed by atoms with E-state index >= 15 is 0 Å². The van der Waals surface area contributed by atoms with Crippen LogP contribution in [0.3, 0.4) is 0 Å². The van der Waals surface area contributed by atoms with Gasteiger partial charge in [-0.2, -0.15) is 0 Å². The molecule has 2 N–H and O–H groups in total. The van der Waals surface area contributed by atoms with Gasteiger partial charge in [-0.1, -0.05) is 18.2 Å². The van der Waals surface area contributed by atoms with Gasteiger partial charge in [0, 0.05) is 7.05 Å². The van der Waals surface area contributed by atoms with Gasteiger partial charge in [-0.3, -0.25) is 4.79 Å². The lowest BCUT2D eigenvalue weighted by Crippen LogP contribution is -2.48. The van der Waals surface area contributed by atoms with Crippen molar-refractivity contribution < 1.29 is 9.53 Å². The molecule has 0 radical (unpaired) electrons. The number of para-hydroxylation sites is 1. The van der Waals surface area contributed by atoms with Crippen LogP contribution in [0.25, 0.3) is 0 Å². The van der Waals surface area contributed by atoms with E-state index in [1.54, 1.807) is 14.2 Å². The largest absolute Gasteiger partial charge is 0.496 e. The Bertz CT molecular complexity index is 434. The summed E-state index contributed by atoms with van der Waals surface area (Å²) in [5, 5.41) is 5.99. The van der Waals surface area contributed by atoms with Gasteiger partial charge < -0.3 is 15.4 Å². The first kappa shape index (κ1) is 13.9. The smallest absolute Gasteiger partial charge is 0.236 e. The molecule has 0 aromatic heterocycles. The Morgan fingerprint density at radius 3 is 3.00 bits per heavy atom. The van der Waals surface area contributed by atoms with Gasteiger partial charge in [0.2, 0.25) is 5.91 Å². The highest BCUT2D eigenvalue weighted by atomic mass is 16.5. The number of rotatable bonds is 4. The van der Waals surface area contributed by atoms with Crippen LogP contribution in [-0.4, -0.2) is 32.7 Å². The Balaban J connectivity index is 2.00. The first-order chi connectivity index (χ1) is 9.24. The van der Waals surface area contributed by atoms with Crippen LogP contribution in [0.4, 0.5) is 0 Å². The van der Waals surface area contributed by atoms with Crippen molar-refractivity contribution in [3.05, 3.63) is 29.8 Å². The molecule has 2 rings (SSSR count). The van der Waals surface area contributed by atoms with Gasteiger partial charge in [-0.25, -0.2) is 0 Å². The zero-order valence-electron chi connectivity index (χ0n) is 11.6. The van der Waals surface area contributed by atoms with Gasteiger partial charge in [-0.15, -0.1) is 0 Å². The number of amides is 1. The van der Waals surface area contributed by atoms with E-state index < -0.39 is 0 Å². The Morgan fingerprint density at radius 2 is 2.26 bits per heavy atom. The number of ether oxygens (including phenoxy) is 1. The number of nitrogens with one attached hydrogen (secondary N) is 2. The predicted molar refractivity (Wildman–Crippen MR) is 75.3 cm³/mol. The fraction of sp³-hybridized carbons (Fsp3) is 0.533. The van der Waals surface area contributed by atoms with E-state index in [1.165, 1.54) is 5.56 Å². The summed E-state index contributed by atoms with van der Waals surface area (Å²) in [7, 11) is 3.39. The highest BCUT2D eigenvalue weighted by Gasteiger charge is 2.26. The highest BCUT2D eigenvalue weighted by Crippen LogP contribution is 2.26. The van der Waals surface area contributed by atoms with Gasteiger partial charge in [0.05, 0.1) is 13.2 Å². The zero-order valence-corrected chi connectivity index (χ0v) is 11.6. The second kappa shape index (κ2) is 6.57. The van der Waals surface area contributed by atoms with Gasteiger partial charge in [0.1, 0.15) is 5.75 Å². The summed E-state index contributed by atoms with van der Waals surface area (Å²) in [5.41, 5.74) is 1.23. The number of methoxy groups -OCH3 is 1. The maximum Gasteiger partial charge on any atom is 0.236 e. The molecule has 1 aliphatic rings. The maximum atomic E-state index is 11.7. The summed E-state index contributed by atoms with van der Waals surface area (Å²) in [6.45, 7) is 0.901. The summed E-state index contributed by atoms with van der Waals surface area (Å²) in [4.78, 5) is 11.7. The molecule has 1 saturated heterocycles. The maximum absolute atomic E-state index is 11.7. The third kappa shape index (κ3) is 3.47. The van der Waals surface area contributed by atoms with Crippen LogP contribution in [0.1, 0.15) is 18.4 Å². The number of piperidine rings is 1. The van der Waals surface area contributed by atoms with Crippen LogP contribution in [0.15, 0.2) is 24.3 Å². The average Bonchev–Trinajstić information content (AvgIpc) is 2.47. The van der Waals surface area contributed by atoms with Crippen LogP contribution in [0, 0.1) is 5.92 Å². The zero-order chi connectivity index (χ0) is 13.7. The first-order valence-electron chi connectivity index (χ1n) is 6.81. The van der Waals surface area contributed by atoms with Gasteiger partial charge in [0.25, 0.3) is 0 Å². The van der Waals surface area contributed by atoms with Gasteiger partial charge >= 0.3 is 0 Å². The molecule has 4 heteroatoms. The SMILES string of the molecule is CNC(=O)C1CC(Cc2ccccc2OC)CCN1. The summed E-state index contributed by atoms with van der Waals surface area (Å²) in [6.07, 6.45) is 2.96. The molecule has 19 heavy (non-hydrogen) atoms. The minimum absolute atomic E-state index is 0.0570. The first-order valence-corrected chi connectivity index (χ1v) is 6.81. The minimum atomic E-state index is -0.0570. The van der Waals surface area contributed by atoms with E-state index in [0.29, 0.717) is 5.92 Å². The Morgan fingerprint density at radius 1 is 1.47 bits per heavy atom. The number of hydrogen-bond donors (Lipinski definition) is 2. The van der Waals surface area contributed by atoms with Crippen LogP contribution >= 0.6 is 0 Å². The second-order valence-electron chi connectivity index (χ2n) is 5.03. The topological polar surface area (TPSA) is 50.4 Å². The quantitative estimate of drug-likeness (QED) is 0.861. The molecule has 2 atom stereocenters. The van der Waals surface area contributed by atoms with E-state index in [1.807, 2.05) is 18.2 Å². The molecule has 1 aromatic rings. The van der Waals surface area contributed by atoms with Crippen LogP contribution in [0.2, 0.25) is 0 Å². The van der Waals surface area contributed by atoms with Crippen molar-refractivity contribution in [2.45, 2.75) is 25.3 Å². The molecule has 1 amide bonds. The highest BCUT2D eigenvalue weighted by molar-refractivity contribution is 5.81. The Hall–Kier alpha value is -1.55. The van der Waals surface area contributed by atoms with Crippen molar-refractivity contribution in [2.24, 2.45) is 5.92 Å². The van der Waals surface area contributed by atoms with Crippen molar-refractivity contribution in [1.82, 2.24) is 10.6 Å². The van der Waals surface area contributed by atoms with Gasteiger partial charge in [-0.05, 0) is 43.4 Å². The van der Waals surface area contributed by atoms with E-state index in [4.69, 9.17) is 4.74 Å². The molecule has 0 aliphatic carbocycles. The molecule has 2 unspecified atom stereocenters. The van der Waals surface area contributed by atoms with Crippen molar-refractivity contribution in [3.8, 4) is 5.75 Å². The molecule has 0 bridgehead atoms. The second-order valence-corrected chi connectivity index (χ2v) is 5.03. The van der Waals surface area contributed by atoms with Crippen molar-refractivity contribution in [3.63, 3.8) is 0 Å². The fourth-order valence-electron chi connectivity index (χ4n) is 2.74. The lowest BCUT2D eigenvalue weighted by molar-refractivity contribution is -0.123. The molecule has 1 aliphatic heterocycles. The average molecular weight is 262 g/mol. The molecule has 104 valence electrons. The standard InChI is InChI=1S/C15H22N2O2/c1-16-15(18)13-10-11(7-8-17-13)9-12-5-3-4-6-14(12)19-2/h3-6,11,13,17H,7-10H2,1-2H3,(H,16,18). The van der Waals surface area contributed by atoms with Crippen molar-refractivity contribution in [2.75, 3.05) is 20.7 Å². The van der Waals surface area contributed by atoms with E-state index in [9.17, 15) is 4.79 Å². The number of likely N-dealkylation sites (N-methyl/N-ethyl adjacent to an activating group) is 1. The van der Waals surface area contributed by atoms with Crippen LogP contribution in [0.5, 0.6) is 5.75 Å². The predicted octanol–water partition coefficient (Wildman–Crippen LogP) is 1.35. The number of hydrogen-bond acceptors (Lipinski definition) is 3. The Kier molecular flexibility index (Phi) is 4.80. The number of benzene rings is 1. The molecule has 1 aromatic carbocycles.